The molecule has 0 heterocycles. The molecule has 0 aliphatic heterocycles. The van der Waals surface area contributed by atoms with Crippen LogP contribution in [0.2, 0.25) is 0 Å². The number of nitrogens with zero attached hydrogens (tertiary/aromatic N) is 1. The number of benzene rings is 3. The first kappa shape index (κ1) is 14.5. The molecule has 0 bridgehead atoms. The van der Waals surface area contributed by atoms with Gasteiger partial charge in [-0.05, 0) is 29.0 Å². The van der Waals surface area contributed by atoms with Gasteiger partial charge in [0.05, 0.1) is 4.92 Å². The first-order valence-corrected chi connectivity index (χ1v) is 6.73. The summed E-state index contributed by atoms with van der Waals surface area (Å²) in [6.45, 7) is 0. The summed E-state index contributed by atoms with van der Waals surface area (Å²) in [5.74, 6) is -0.942. The molecule has 0 aliphatic rings. The van der Waals surface area contributed by atoms with Gasteiger partial charge in [-0.25, -0.2) is 4.79 Å². The van der Waals surface area contributed by atoms with Crippen LogP contribution in [0.3, 0.4) is 0 Å². The SMILES string of the molecule is O=C(Oc1ccc2ccccc2c1)c1cc([N+](=O)[O-])ccc1O. The standard InChI is InChI=1S/C17H11NO5/c19-16-8-6-13(18(21)22)10-15(16)17(20)23-14-7-5-11-3-1-2-4-12(11)9-14/h1-10,19H. The number of nitro benzene ring substituents is 1. The van der Waals surface area contributed by atoms with E-state index in [1.807, 2.05) is 24.3 Å². The lowest BCUT2D eigenvalue weighted by atomic mass is 10.1. The normalized spacial score (nSPS) is 10.4. The first-order valence-electron chi connectivity index (χ1n) is 6.73. The van der Waals surface area contributed by atoms with E-state index in [9.17, 15) is 20.0 Å². The number of ether oxygens (including phenoxy) is 1. The molecular weight excluding hydrogens is 298 g/mol. The van der Waals surface area contributed by atoms with Gasteiger partial charge in [0, 0.05) is 12.1 Å². The van der Waals surface area contributed by atoms with Crippen molar-refractivity contribution >= 4 is 22.4 Å². The summed E-state index contributed by atoms with van der Waals surface area (Å²) in [6.07, 6.45) is 0. The number of fused-ring (bicyclic) bond motifs is 1. The molecule has 6 heteroatoms. The van der Waals surface area contributed by atoms with Gasteiger partial charge < -0.3 is 9.84 Å². The summed E-state index contributed by atoms with van der Waals surface area (Å²) in [7, 11) is 0. The van der Waals surface area contributed by atoms with Gasteiger partial charge in [0.2, 0.25) is 0 Å². The Bertz CT molecular complexity index is 920. The number of phenols is 1. The molecule has 0 spiro atoms. The van der Waals surface area contributed by atoms with Crippen molar-refractivity contribution in [2.75, 3.05) is 0 Å². The van der Waals surface area contributed by atoms with E-state index in [-0.39, 0.29) is 17.0 Å². The number of esters is 1. The minimum absolute atomic E-state index is 0.257. The number of rotatable bonds is 3. The Morgan fingerprint density at radius 2 is 1.74 bits per heavy atom. The van der Waals surface area contributed by atoms with Crippen LogP contribution < -0.4 is 4.74 Å². The van der Waals surface area contributed by atoms with Crippen LogP contribution in [0.15, 0.2) is 60.7 Å². The fourth-order valence-corrected chi connectivity index (χ4v) is 2.19. The molecule has 3 aromatic rings. The van der Waals surface area contributed by atoms with E-state index in [4.69, 9.17) is 4.74 Å². The lowest BCUT2D eigenvalue weighted by Crippen LogP contribution is -2.09. The molecule has 0 amide bonds. The molecule has 23 heavy (non-hydrogen) atoms. The number of carbonyl (C=O) groups excluding carboxylic acids is 1. The van der Waals surface area contributed by atoms with Gasteiger partial charge in [0.25, 0.3) is 5.69 Å². The van der Waals surface area contributed by atoms with Crippen LogP contribution in [0.1, 0.15) is 10.4 Å². The highest BCUT2D eigenvalue weighted by atomic mass is 16.6. The van der Waals surface area contributed by atoms with E-state index in [1.54, 1.807) is 18.2 Å². The smallest absolute Gasteiger partial charge is 0.347 e. The largest absolute Gasteiger partial charge is 0.507 e. The summed E-state index contributed by atoms with van der Waals surface area (Å²) in [4.78, 5) is 22.3. The minimum Gasteiger partial charge on any atom is -0.507 e. The molecule has 1 N–H and O–H groups in total. The fourth-order valence-electron chi connectivity index (χ4n) is 2.19. The second-order valence-electron chi connectivity index (χ2n) is 4.86. The molecule has 114 valence electrons. The summed E-state index contributed by atoms with van der Waals surface area (Å²) in [6, 6.07) is 15.8. The van der Waals surface area contributed by atoms with Crippen molar-refractivity contribution in [1.29, 1.82) is 0 Å². The van der Waals surface area contributed by atoms with E-state index >= 15 is 0 Å². The first-order chi connectivity index (χ1) is 11.0. The van der Waals surface area contributed by atoms with Crippen LogP contribution in [0.4, 0.5) is 5.69 Å². The summed E-state index contributed by atoms with van der Waals surface area (Å²) >= 11 is 0. The number of nitro groups is 1. The van der Waals surface area contributed by atoms with Crippen LogP contribution >= 0.6 is 0 Å². The number of non-ortho nitro benzene ring substituents is 1. The average Bonchev–Trinajstić information content (AvgIpc) is 2.54. The molecule has 0 aliphatic carbocycles. The molecule has 0 atom stereocenters. The second-order valence-corrected chi connectivity index (χ2v) is 4.86. The second kappa shape index (κ2) is 5.76. The Kier molecular flexibility index (Phi) is 3.64. The van der Waals surface area contributed by atoms with Crippen LogP contribution in [-0.2, 0) is 0 Å². The third-order valence-corrected chi connectivity index (χ3v) is 3.34. The van der Waals surface area contributed by atoms with Crippen molar-refractivity contribution in [3.05, 3.63) is 76.3 Å². The van der Waals surface area contributed by atoms with Gasteiger partial charge in [0.1, 0.15) is 17.1 Å². The van der Waals surface area contributed by atoms with E-state index in [0.29, 0.717) is 5.75 Å². The van der Waals surface area contributed by atoms with E-state index in [0.717, 1.165) is 29.0 Å². The van der Waals surface area contributed by atoms with Crippen LogP contribution in [0.25, 0.3) is 10.8 Å². The third-order valence-electron chi connectivity index (χ3n) is 3.34. The molecular formula is C17H11NO5. The zero-order chi connectivity index (χ0) is 16.4. The lowest BCUT2D eigenvalue weighted by molar-refractivity contribution is -0.384. The summed E-state index contributed by atoms with van der Waals surface area (Å²) in [5, 5.41) is 22.4. The van der Waals surface area contributed by atoms with Crippen molar-refractivity contribution in [2.45, 2.75) is 0 Å². The summed E-state index contributed by atoms with van der Waals surface area (Å²) in [5.41, 5.74) is -0.555. The number of hydrogen-bond acceptors (Lipinski definition) is 5. The molecule has 6 nitrogen and oxygen atoms in total. The number of phenolic OH excluding ortho intramolecular Hbond substituents is 1. The molecule has 3 rings (SSSR count). The van der Waals surface area contributed by atoms with Crippen molar-refractivity contribution < 1.29 is 19.6 Å². The Morgan fingerprint density at radius 3 is 2.48 bits per heavy atom. The van der Waals surface area contributed by atoms with Gasteiger partial charge in [-0.1, -0.05) is 30.3 Å². The molecule has 3 aromatic carbocycles. The van der Waals surface area contributed by atoms with Gasteiger partial charge in [-0.2, -0.15) is 0 Å². The minimum atomic E-state index is -0.860. The fraction of sp³-hybridized carbons (Fsp3) is 0. The number of hydrogen-bond donors (Lipinski definition) is 1. The van der Waals surface area contributed by atoms with Gasteiger partial charge >= 0.3 is 5.97 Å². The maximum atomic E-state index is 12.1. The van der Waals surface area contributed by atoms with Crippen molar-refractivity contribution in [1.82, 2.24) is 0 Å². The molecule has 0 radical (unpaired) electrons. The van der Waals surface area contributed by atoms with E-state index in [1.165, 1.54) is 0 Å². The van der Waals surface area contributed by atoms with Crippen LogP contribution in [0, 0.1) is 10.1 Å². The maximum absolute atomic E-state index is 12.1. The predicted octanol–water partition coefficient (Wildman–Crippen LogP) is 3.67. The van der Waals surface area contributed by atoms with E-state index < -0.39 is 10.9 Å². The number of aromatic hydroxyl groups is 1. The number of carbonyl (C=O) groups is 1. The lowest BCUT2D eigenvalue weighted by Gasteiger charge is -2.07. The zero-order valence-electron chi connectivity index (χ0n) is 11.8. The Labute approximate surface area is 130 Å². The highest BCUT2D eigenvalue weighted by Crippen LogP contribution is 2.26. The van der Waals surface area contributed by atoms with Gasteiger partial charge in [-0.3, -0.25) is 10.1 Å². The molecule has 0 aromatic heterocycles. The topological polar surface area (TPSA) is 89.7 Å². The van der Waals surface area contributed by atoms with Gasteiger partial charge in [-0.15, -0.1) is 0 Å². The Morgan fingerprint density at radius 1 is 1.00 bits per heavy atom. The van der Waals surface area contributed by atoms with Crippen molar-refractivity contribution in [3.63, 3.8) is 0 Å². The zero-order valence-corrected chi connectivity index (χ0v) is 11.8. The molecule has 0 unspecified atom stereocenters. The van der Waals surface area contributed by atoms with Crippen LogP contribution in [0.5, 0.6) is 11.5 Å². The monoisotopic (exact) mass is 309 g/mol. The molecule has 0 saturated heterocycles. The van der Waals surface area contributed by atoms with Crippen LogP contribution in [-0.4, -0.2) is 16.0 Å². The van der Waals surface area contributed by atoms with Crippen molar-refractivity contribution in [2.24, 2.45) is 0 Å². The van der Waals surface area contributed by atoms with Gasteiger partial charge in [0.15, 0.2) is 0 Å². The Hall–Kier alpha value is -3.41. The highest BCUT2D eigenvalue weighted by molar-refractivity contribution is 5.95. The molecule has 0 saturated carbocycles. The predicted molar refractivity (Wildman–Crippen MR) is 83.7 cm³/mol. The quantitative estimate of drug-likeness (QED) is 0.345. The Balaban J connectivity index is 1.91. The highest BCUT2D eigenvalue weighted by Gasteiger charge is 2.18. The molecule has 0 fully saturated rings. The van der Waals surface area contributed by atoms with E-state index in [2.05, 4.69) is 0 Å². The maximum Gasteiger partial charge on any atom is 0.347 e. The third kappa shape index (κ3) is 2.96. The van der Waals surface area contributed by atoms with Crippen molar-refractivity contribution in [3.8, 4) is 11.5 Å². The summed E-state index contributed by atoms with van der Waals surface area (Å²) < 4.78 is 5.20. The average molecular weight is 309 g/mol.